The van der Waals surface area contributed by atoms with Crippen molar-refractivity contribution in [3.8, 4) is 11.5 Å². The molecule has 0 saturated carbocycles. The minimum absolute atomic E-state index is 0.219. The van der Waals surface area contributed by atoms with Gasteiger partial charge in [0.25, 0.3) is 5.56 Å². The summed E-state index contributed by atoms with van der Waals surface area (Å²) in [4.78, 5) is 23.2. The molecule has 2 heterocycles. The summed E-state index contributed by atoms with van der Waals surface area (Å²) in [6, 6.07) is 11.2. The zero-order valence-corrected chi connectivity index (χ0v) is 11.1. The molecule has 3 N–H and O–H groups in total. The maximum absolute atomic E-state index is 11.6. The van der Waals surface area contributed by atoms with Crippen LogP contribution in [-0.2, 0) is 6.54 Å². The predicted molar refractivity (Wildman–Crippen MR) is 78.2 cm³/mol. The van der Waals surface area contributed by atoms with Crippen molar-refractivity contribution in [2.24, 2.45) is 5.73 Å². The second-order valence-electron chi connectivity index (χ2n) is 4.63. The lowest BCUT2D eigenvalue weighted by molar-refractivity contribution is 0.952. The number of rotatable bonds is 2. The maximum Gasteiger partial charge on any atom is 0.251 e. The fourth-order valence-electron chi connectivity index (χ4n) is 2.20. The lowest BCUT2D eigenvalue weighted by Gasteiger charge is -2.06. The van der Waals surface area contributed by atoms with E-state index in [2.05, 4.69) is 15.0 Å². The van der Waals surface area contributed by atoms with E-state index in [1.807, 2.05) is 37.3 Å². The molecule has 0 fully saturated rings. The number of aromatic nitrogens is 3. The van der Waals surface area contributed by atoms with Crippen molar-refractivity contribution in [1.82, 2.24) is 15.0 Å². The van der Waals surface area contributed by atoms with Crippen LogP contribution in [0.5, 0.6) is 0 Å². The van der Waals surface area contributed by atoms with Gasteiger partial charge >= 0.3 is 0 Å². The topological polar surface area (TPSA) is 84.7 Å². The molecule has 100 valence electrons. The smallest absolute Gasteiger partial charge is 0.251 e. The monoisotopic (exact) mass is 266 g/mol. The van der Waals surface area contributed by atoms with Crippen LogP contribution in [0.4, 0.5) is 0 Å². The molecule has 3 rings (SSSR count). The molecule has 0 bridgehead atoms. The fraction of sp³-hybridized carbons (Fsp3) is 0.133. The van der Waals surface area contributed by atoms with Gasteiger partial charge in [-0.2, -0.15) is 0 Å². The van der Waals surface area contributed by atoms with Crippen LogP contribution in [0.3, 0.4) is 0 Å². The van der Waals surface area contributed by atoms with Crippen LogP contribution in [0.25, 0.3) is 22.4 Å². The van der Waals surface area contributed by atoms with Crippen LogP contribution in [0.15, 0.2) is 41.2 Å². The van der Waals surface area contributed by atoms with Crippen LogP contribution in [-0.4, -0.2) is 15.0 Å². The zero-order chi connectivity index (χ0) is 14.1. The average molecular weight is 266 g/mol. The summed E-state index contributed by atoms with van der Waals surface area (Å²) in [5.41, 5.74) is 8.50. The van der Waals surface area contributed by atoms with E-state index < -0.39 is 0 Å². The van der Waals surface area contributed by atoms with Crippen molar-refractivity contribution in [2.75, 3.05) is 0 Å². The average Bonchev–Trinajstić information content (AvgIpc) is 2.46. The summed E-state index contributed by atoms with van der Waals surface area (Å²) in [7, 11) is 0. The van der Waals surface area contributed by atoms with Gasteiger partial charge in [0.1, 0.15) is 5.69 Å². The summed E-state index contributed by atoms with van der Waals surface area (Å²) >= 11 is 0. The van der Waals surface area contributed by atoms with E-state index in [0.29, 0.717) is 17.2 Å². The highest BCUT2D eigenvalue weighted by molar-refractivity contribution is 5.84. The number of nitrogens with zero attached hydrogens (tertiary/aromatic N) is 2. The standard InChI is InChI=1S/C15H14N4O/c1-9-6-13(18-12-5-3-2-4-11(9)12)15-17-10(8-16)7-14(20)19-15/h2-7H,8,16H2,1H3,(H,17,19,20). The summed E-state index contributed by atoms with van der Waals surface area (Å²) < 4.78 is 0. The summed E-state index contributed by atoms with van der Waals surface area (Å²) in [5, 5.41) is 1.09. The Hall–Kier alpha value is -2.53. The van der Waals surface area contributed by atoms with Gasteiger partial charge in [-0.3, -0.25) is 4.79 Å². The first-order valence-electron chi connectivity index (χ1n) is 6.34. The highest BCUT2D eigenvalue weighted by Gasteiger charge is 2.08. The Morgan fingerprint density at radius 3 is 2.80 bits per heavy atom. The molecule has 1 aromatic carbocycles. The molecule has 0 spiro atoms. The van der Waals surface area contributed by atoms with Crippen molar-refractivity contribution in [1.29, 1.82) is 0 Å². The minimum atomic E-state index is -0.219. The molecule has 5 heteroatoms. The van der Waals surface area contributed by atoms with Crippen molar-refractivity contribution in [3.63, 3.8) is 0 Å². The number of para-hydroxylation sites is 1. The normalized spacial score (nSPS) is 10.9. The van der Waals surface area contributed by atoms with Crippen LogP contribution in [0, 0.1) is 6.92 Å². The molecule has 0 aliphatic rings. The second-order valence-corrected chi connectivity index (χ2v) is 4.63. The van der Waals surface area contributed by atoms with Gasteiger partial charge in [0.05, 0.1) is 11.2 Å². The van der Waals surface area contributed by atoms with Crippen molar-refractivity contribution in [3.05, 3.63) is 58.0 Å². The third-order valence-corrected chi connectivity index (χ3v) is 3.17. The Balaban J connectivity index is 2.24. The first kappa shape index (κ1) is 12.5. The molecule has 0 aliphatic heterocycles. The highest BCUT2D eigenvalue weighted by Crippen LogP contribution is 2.21. The molecule has 0 amide bonds. The third kappa shape index (κ3) is 2.19. The number of H-pyrrole nitrogens is 1. The largest absolute Gasteiger partial charge is 0.325 e. The van der Waals surface area contributed by atoms with Crippen LogP contribution in [0.1, 0.15) is 11.3 Å². The number of nitrogens with one attached hydrogen (secondary N) is 1. The molecular formula is C15H14N4O. The number of nitrogens with two attached hydrogens (primary N) is 1. The lowest BCUT2D eigenvalue weighted by atomic mass is 10.1. The summed E-state index contributed by atoms with van der Waals surface area (Å²) in [5.74, 6) is 0.451. The van der Waals surface area contributed by atoms with E-state index in [-0.39, 0.29) is 12.1 Å². The number of pyridine rings is 1. The Kier molecular flexibility index (Phi) is 3.04. The first-order chi connectivity index (χ1) is 9.67. The van der Waals surface area contributed by atoms with Gasteiger partial charge in [0.15, 0.2) is 5.82 Å². The van der Waals surface area contributed by atoms with Crippen molar-refractivity contribution in [2.45, 2.75) is 13.5 Å². The molecule has 20 heavy (non-hydrogen) atoms. The zero-order valence-electron chi connectivity index (χ0n) is 11.1. The maximum atomic E-state index is 11.6. The molecular weight excluding hydrogens is 252 g/mol. The molecule has 0 unspecified atom stereocenters. The van der Waals surface area contributed by atoms with Gasteiger partial charge in [0, 0.05) is 18.0 Å². The number of hydrogen-bond acceptors (Lipinski definition) is 4. The summed E-state index contributed by atoms with van der Waals surface area (Å²) in [6.45, 7) is 2.24. The van der Waals surface area contributed by atoms with Crippen LogP contribution in [0.2, 0.25) is 0 Å². The number of fused-ring (bicyclic) bond motifs is 1. The fourth-order valence-corrected chi connectivity index (χ4v) is 2.20. The van der Waals surface area contributed by atoms with Crippen molar-refractivity contribution < 1.29 is 0 Å². The first-order valence-corrected chi connectivity index (χ1v) is 6.34. The molecule has 2 aromatic heterocycles. The van der Waals surface area contributed by atoms with E-state index in [9.17, 15) is 4.79 Å². The van der Waals surface area contributed by atoms with Crippen LogP contribution >= 0.6 is 0 Å². The Morgan fingerprint density at radius 2 is 2.00 bits per heavy atom. The minimum Gasteiger partial charge on any atom is -0.325 e. The van der Waals surface area contributed by atoms with E-state index in [1.54, 1.807) is 0 Å². The molecule has 0 saturated heterocycles. The van der Waals surface area contributed by atoms with Gasteiger partial charge in [-0.05, 0) is 24.6 Å². The van der Waals surface area contributed by atoms with E-state index in [4.69, 9.17) is 5.73 Å². The molecule has 0 radical (unpaired) electrons. The van der Waals surface area contributed by atoms with Gasteiger partial charge in [0.2, 0.25) is 0 Å². The van der Waals surface area contributed by atoms with Crippen LogP contribution < -0.4 is 11.3 Å². The molecule has 5 nitrogen and oxygen atoms in total. The number of aryl methyl sites for hydroxylation is 1. The predicted octanol–water partition coefficient (Wildman–Crippen LogP) is 1.75. The Bertz CT molecular complexity index is 839. The van der Waals surface area contributed by atoms with E-state index >= 15 is 0 Å². The molecule has 0 atom stereocenters. The van der Waals surface area contributed by atoms with Gasteiger partial charge in [-0.1, -0.05) is 18.2 Å². The number of aromatic amines is 1. The number of benzene rings is 1. The van der Waals surface area contributed by atoms with E-state index in [1.165, 1.54) is 6.07 Å². The summed E-state index contributed by atoms with van der Waals surface area (Å²) in [6.07, 6.45) is 0. The van der Waals surface area contributed by atoms with Crippen molar-refractivity contribution >= 4 is 10.9 Å². The number of hydrogen-bond donors (Lipinski definition) is 2. The quantitative estimate of drug-likeness (QED) is 0.740. The lowest BCUT2D eigenvalue weighted by Crippen LogP contribution is -2.13. The second kappa shape index (κ2) is 4.86. The van der Waals surface area contributed by atoms with Gasteiger partial charge < -0.3 is 10.7 Å². The Morgan fingerprint density at radius 1 is 1.20 bits per heavy atom. The highest BCUT2D eigenvalue weighted by atomic mass is 16.1. The SMILES string of the molecule is Cc1cc(-c2nc(CN)cc(=O)[nH]2)nc2ccccc12. The van der Waals surface area contributed by atoms with Gasteiger partial charge in [-0.15, -0.1) is 0 Å². The molecule has 3 aromatic rings. The molecule has 0 aliphatic carbocycles. The Labute approximate surface area is 115 Å². The van der Waals surface area contributed by atoms with Gasteiger partial charge in [-0.25, -0.2) is 9.97 Å². The third-order valence-electron chi connectivity index (χ3n) is 3.17. The van der Waals surface area contributed by atoms with E-state index in [0.717, 1.165) is 16.5 Å².